The Labute approximate surface area is 176 Å². The SMILES string of the molecule is CCC(=S)N[C@@H](C)C(=O)NC1N=C(c2ccccc2)c2ccccc2N(C)C1=O. The largest absolute Gasteiger partial charge is 0.368 e. The van der Waals surface area contributed by atoms with E-state index >= 15 is 0 Å². The minimum atomic E-state index is -1.03. The number of nitrogens with one attached hydrogen (secondary N) is 2. The third-order valence-electron chi connectivity index (χ3n) is 4.76. The number of amides is 2. The topological polar surface area (TPSA) is 73.8 Å². The van der Waals surface area contributed by atoms with Crippen molar-refractivity contribution in [3.8, 4) is 0 Å². The van der Waals surface area contributed by atoms with Gasteiger partial charge in [-0.3, -0.25) is 9.59 Å². The van der Waals surface area contributed by atoms with Crippen molar-refractivity contribution in [1.29, 1.82) is 0 Å². The highest BCUT2D eigenvalue weighted by Gasteiger charge is 2.31. The average molecular weight is 409 g/mol. The minimum absolute atomic E-state index is 0.304. The van der Waals surface area contributed by atoms with Crippen LogP contribution in [-0.2, 0) is 9.59 Å². The van der Waals surface area contributed by atoms with Crippen LogP contribution in [0.15, 0.2) is 59.6 Å². The number of anilines is 1. The molecule has 1 aliphatic rings. The van der Waals surface area contributed by atoms with Crippen LogP contribution in [0.25, 0.3) is 0 Å². The second-order valence-corrected chi connectivity index (χ2v) is 7.30. The maximum Gasteiger partial charge on any atom is 0.272 e. The summed E-state index contributed by atoms with van der Waals surface area (Å²) >= 11 is 5.15. The summed E-state index contributed by atoms with van der Waals surface area (Å²) in [5.74, 6) is -0.642. The second-order valence-electron chi connectivity index (χ2n) is 6.81. The van der Waals surface area contributed by atoms with Crippen molar-refractivity contribution < 1.29 is 9.59 Å². The van der Waals surface area contributed by atoms with Crippen molar-refractivity contribution in [2.45, 2.75) is 32.5 Å². The van der Waals surface area contributed by atoms with Gasteiger partial charge in [0.05, 0.1) is 16.4 Å². The van der Waals surface area contributed by atoms with Gasteiger partial charge in [-0.2, -0.15) is 0 Å². The molecule has 2 aromatic rings. The third kappa shape index (κ3) is 4.51. The van der Waals surface area contributed by atoms with E-state index in [1.165, 1.54) is 4.90 Å². The first-order chi connectivity index (χ1) is 13.9. The Morgan fingerprint density at radius 1 is 1.17 bits per heavy atom. The number of para-hydroxylation sites is 1. The van der Waals surface area contributed by atoms with E-state index in [0.29, 0.717) is 17.1 Å². The molecule has 0 bridgehead atoms. The van der Waals surface area contributed by atoms with Gasteiger partial charge in [-0.25, -0.2) is 4.99 Å². The number of benzene rings is 2. The number of hydrogen-bond donors (Lipinski definition) is 2. The van der Waals surface area contributed by atoms with E-state index in [-0.39, 0.29) is 11.8 Å². The molecule has 7 heteroatoms. The number of aliphatic imine (C=N–C) groups is 1. The van der Waals surface area contributed by atoms with Crippen molar-refractivity contribution >= 4 is 40.4 Å². The Balaban J connectivity index is 1.98. The Morgan fingerprint density at radius 3 is 2.52 bits per heavy atom. The zero-order valence-electron chi connectivity index (χ0n) is 16.7. The normalized spacial score (nSPS) is 16.9. The van der Waals surface area contributed by atoms with Crippen LogP contribution >= 0.6 is 12.2 Å². The fourth-order valence-corrected chi connectivity index (χ4v) is 3.29. The molecular weight excluding hydrogens is 384 g/mol. The van der Waals surface area contributed by atoms with Crippen LogP contribution in [0, 0.1) is 0 Å². The predicted molar refractivity (Wildman–Crippen MR) is 119 cm³/mol. The van der Waals surface area contributed by atoms with Crippen LogP contribution in [0.3, 0.4) is 0 Å². The van der Waals surface area contributed by atoms with Gasteiger partial charge in [-0.05, 0) is 19.4 Å². The van der Waals surface area contributed by atoms with Crippen LogP contribution < -0.4 is 15.5 Å². The molecule has 0 radical (unpaired) electrons. The van der Waals surface area contributed by atoms with E-state index in [0.717, 1.165) is 16.8 Å². The summed E-state index contributed by atoms with van der Waals surface area (Å²) in [4.78, 5) is 32.6. The van der Waals surface area contributed by atoms with Gasteiger partial charge < -0.3 is 15.5 Å². The monoisotopic (exact) mass is 408 g/mol. The number of hydrogen-bond acceptors (Lipinski definition) is 4. The van der Waals surface area contributed by atoms with Crippen LogP contribution in [0.5, 0.6) is 0 Å². The lowest BCUT2D eigenvalue weighted by molar-refractivity contribution is -0.128. The molecular formula is C22H24N4O2S. The maximum absolute atomic E-state index is 13.1. The fourth-order valence-electron chi connectivity index (χ4n) is 3.11. The third-order valence-corrected chi connectivity index (χ3v) is 5.17. The lowest BCUT2D eigenvalue weighted by Gasteiger charge is -2.22. The van der Waals surface area contributed by atoms with Crippen molar-refractivity contribution in [1.82, 2.24) is 10.6 Å². The van der Waals surface area contributed by atoms with Crippen LogP contribution in [-0.4, -0.2) is 41.8 Å². The number of fused-ring (bicyclic) bond motifs is 1. The molecule has 2 N–H and O–H groups in total. The summed E-state index contributed by atoms with van der Waals surface area (Å²) in [6.07, 6.45) is -0.390. The summed E-state index contributed by atoms with van der Waals surface area (Å²) in [6, 6.07) is 16.7. The number of rotatable bonds is 5. The molecule has 0 saturated heterocycles. The molecule has 1 unspecified atom stereocenters. The molecule has 29 heavy (non-hydrogen) atoms. The Morgan fingerprint density at radius 2 is 1.83 bits per heavy atom. The number of likely N-dealkylation sites (N-methyl/N-ethyl adjacent to an activating group) is 1. The lowest BCUT2D eigenvalue weighted by Crippen LogP contribution is -2.52. The van der Waals surface area contributed by atoms with E-state index in [4.69, 9.17) is 12.2 Å². The zero-order chi connectivity index (χ0) is 21.0. The van der Waals surface area contributed by atoms with Crippen molar-refractivity contribution in [2.75, 3.05) is 11.9 Å². The predicted octanol–water partition coefficient (Wildman–Crippen LogP) is 2.66. The van der Waals surface area contributed by atoms with Crippen LogP contribution in [0.1, 0.15) is 31.4 Å². The highest BCUT2D eigenvalue weighted by Crippen LogP contribution is 2.27. The first kappa shape index (κ1) is 20.7. The van der Waals surface area contributed by atoms with Crippen molar-refractivity contribution in [3.05, 3.63) is 65.7 Å². The minimum Gasteiger partial charge on any atom is -0.368 e. The van der Waals surface area contributed by atoms with Gasteiger partial charge in [-0.1, -0.05) is 67.7 Å². The molecule has 150 valence electrons. The van der Waals surface area contributed by atoms with Gasteiger partial charge in [0.1, 0.15) is 6.04 Å². The summed E-state index contributed by atoms with van der Waals surface area (Å²) in [5.41, 5.74) is 3.12. The van der Waals surface area contributed by atoms with E-state index in [1.54, 1.807) is 14.0 Å². The van der Waals surface area contributed by atoms with E-state index in [9.17, 15) is 9.59 Å². The van der Waals surface area contributed by atoms with Crippen molar-refractivity contribution in [3.63, 3.8) is 0 Å². The van der Waals surface area contributed by atoms with E-state index in [2.05, 4.69) is 15.6 Å². The molecule has 0 spiro atoms. The van der Waals surface area contributed by atoms with E-state index in [1.807, 2.05) is 61.5 Å². The standard InChI is InChI=1S/C22H24N4O2S/c1-4-18(29)23-14(2)21(27)25-20-22(28)26(3)17-13-9-8-12-16(17)19(24-20)15-10-6-5-7-11-15/h5-14,20H,4H2,1-3H3,(H,23,29)(H,25,27)/t14-,20?/m0/s1. The molecule has 0 aromatic heterocycles. The van der Waals surface area contributed by atoms with E-state index < -0.39 is 12.2 Å². The van der Waals surface area contributed by atoms with Crippen LogP contribution in [0.2, 0.25) is 0 Å². The number of carbonyl (C=O) groups excluding carboxylic acids is 2. The highest BCUT2D eigenvalue weighted by atomic mass is 32.1. The molecule has 2 aromatic carbocycles. The number of carbonyl (C=O) groups is 2. The quantitative estimate of drug-likeness (QED) is 0.746. The summed E-state index contributed by atoms with van der Waals surface area (Å²) in [5, 5.41) is 5.73. The molecule has 0 aliphatic carbocycles. The lowest BCUT2D eigenvalue weighted by atomic mass is 10.0. The Hall–Kier alpha value is -3.06. The van der Waals surface area contributed by atoms with Gasteiger partial charge in [0.2, 0.25) is 12.1 Å². The average Bonchev–Trinajstić information content (AvgIpc) is 2.85. The molecule has 6 nitrogen and oxygen atoms in total. The van der Waals surface area contributed by atoms with Gasteiger partial charge >= 0.3 is 0 Å². The highest BCUT2D eigenvalue weighted by molar-refractivity contribution is 7.80. The smallest absolute Gasteiger partial charge is 0.272 e. The number of benzodiazepines with no additional fused rings is 1. The van der Waals surface area contributed by atoms with Gasteiger partial charge in [0.25, 0.3) is 5.91 Å². The molecule has 1 aliphatic heterocycles. The van der Waals surface area contributed by atoms with Crippen molar-refractivity contribution in [2.24, 2.45) is 4.99 Å². The molecule has 2 atom stereocenters. The molecule has 0 saturated carbocycles. The van der Waals surface area contributed by atoms with Gasteiger partial charge in [0.15, 0.2) is 0 Å². The summed E-state index contributed by atoms with van der Waals surface area (Å²) < 4.78 is 0. The summed E-state index contributed by atoms with van der Waals surface area (Å²) in [6.45, 7) is 3.62. The van der Waals surface area contributed by atoms with Crippen LogP contribution in [0.4, 0.5) is 5.69 Å². The molecule has 3 rings (SSSR count). The molecule has 1 heterocycles. The number of thiocarbonyl (C=S) groups is 1. The first-order valence-electron chi connectivity index (χ1n) is 9.52. The maximum atomic E-state index is 13.1. The second kappa shape index (κ2) is 8.96. The van der Waals surface area contributed by atoms with Gasteiger partial charge in [0, 0.05) is 18.2 Å². The zero-order valence-corrected chi connectivity index (χ0v) is 17.5. The fraction of sp³-hybridized carbons (Fsp3) is 0.273. The first-order valence-corrected chi connectivity index (χ1v) is 9.93. The molecule has 2 amide bonds. The Bertz CT molecular complexity index is 958. The Kier molecular flexibility index (Phi) is 6.39. The summed E-state index contributed by atoms with van der Waals surface area (Å²) in [7, 11) is 1.69. The van der Waals surface area contributed by atoms with Gasteiger partial charge in [-0.15, -0.1) is 0 Å². The number of nitrogens with zero attached hydrogens (tertiary/aromatic N) is 2. The molecule has 0 fully saturated rings.